The van der Waals surface area contributed by atoms with Crippen molar-refractivity contribution in [2.75, 3.05) is 19.6 Å². The zero-order valence-electron chi connectivity index (χ0n) is 9.11. The molecule has 1 fully saturated rings. The molecule has 1 aromatic rings. The van der Waals surface area contributed by atoms with E-state index in [0.717, 1.165) is 31.6 Å². The summed E-state index contributed by atoms with van der Waals surface area (Å²) in [6, 6.07) is 9.35. The van der Waals surface area contributed by atoms with Gasteiger partial charge in [-0.1, -0.05) is 18.2 Å². The Hall–Kier alpha value is -1.06. The Bertz CT molecular complexity index is 323. The van der Waals surface area contributed by atoms with Crippen LogP contribution in [0, 0.1) is 5.92 Å². The first-order valence-corrected chi connectivity index (χ1v) is 5.40. The Balaban J connectivity index is 0.00000128. The summed E-state index contributed by atoms with van der Waals surface area (Å²) in [5.41, 5.74) is 0.739. The average Bonchev–Trinajstić information content (AvgIpc) is 2.80. The molecule has 1 atom stereocenters. The van der Waals surface area contributed by atoms with Crippen LogP contribution in [0.1, 0.15) is 16.8 Å². The fourth-order valence-electron chi connectivity index (χ4n) is 1.82. The number of nitrogens with one attached hydrogen (secondary N) is 2. The second-order valence-electron chi connectivity index (χ2n) is 3.93. The smallest absolute Gasteiger partial charge is 0.251 e. The topological polar surface area (TPSA) is 41.1 Å². The van der Waals surface area contributed by atoms with E-state index >= 15 is 0 Å². The summed E-state index contributed by atoms with van der Waals surface area (Å²) in [7, 11) is 0. The Kier molecular flexibility index (Phi) is 5.29. The largest absolute Gasteiger partial charge is 0.352 e. The van der Waals surface area contributed by atoms with Gasteiger partial charge in [0.1, 0.15) is 0 Å². The van der Waals surface area contributed by atoms with Crippen molar-refractivity contribution >= 4 is 18.3 Å². The molecule has 16 heavy (non-hydrogen) atoms. The molecule has 0 aliphatic carbocycles. The fourth-order valence-corrected chi connectivity index (χ4v) is 1.82. The van der Waals surface area contributed by atoms with Crippen LogP contribution in [0.5, 0.6) is 0 Å². The van der Waals surface area contributed by atoms with Gasteiger partial charge in [0.05, 0.1) is 0 Å². The monoisotopic (exact) mass is 240 g/mol. The molecule has 1 heterocycles. The number of carbonyl (C=O) groups excluding carboxylic acids is 1. The number of amides is 1. The maximum atomic E-state index is 11.7. The maximum Gasteiger partial charge on any atom is 0.251 e. The van der Waals surface area contributed by atoms with Crippen molar-refractivity contribution in [2.45, 2.75) is 6.42 Å². The van der Waals surface area contributed by atoms with E-state index in [1.807, 2.05) is 30.3 Å². The second-order valence-corrected chi connectivity index (χ2v) is 3.93. The van der Waals surface area contributed by atoms with Gasteiger partial charge >= 0.3 is 0 Å². The lowest BCUT2D eigenvalue weighted by atomic mass is 10.1. The predicted molar refractivity (Wildman–Crippen MR) is 67.0 cm³/mol. The summed E-state index contributed by atoms with van der Waals surface area (Å²) in [6.45, 7) is 2.88. The minimum atomic E-state index is 0. The minimum absolute atomic E-state index is 0. The van der Waals surface area contributed by atoms with Crippen molar-refractivity contribution in [3.63, 3.8) is 0 Å². The van der Waals surface area contributed by atoms with Gasteiger partial charge in [-0.25, -0.2) is 0 Å². The van der Waals surface area contributed by atoms with Crippen molar-refractivity contribution < 1.29 is 4.79 Å². The average molecular weight is 241 g/mol. The molecule has 3 nitrogen and oxygen atoms in total. The molecule has 0 radical (unpaired) electrons. The van der Waals surface area contributed by atoms with E-state index in [1.165, 1.54) is 0 Å². The van der Waals surface area contributed by atoms with Crippen LogP contribution < -0.4 is 10.6 Å². The molecule has 1 aromatic carbocycles. The van der Waals surface area contributed by atoms with Crippen molar-refractivity contribution in [3.05, 3.63) is 35.9 Å². The van der Waals surface area contributed by atoms with E-state index < -0.39 is 0 Å². The van der Waals surface area contributed by atoms with Crippen LogP contribution in [0.25, 0.3) is 0 Å². The van der Waals surface area contributed by atoms with Gasteiger partial charge in [0.15, 0.2) is 0 Å². The first kappa shape index (κ1) is 13.0. The molecule has 88 valence electrons. The Morgan fingerprint density at radius 2 is 2.12 bits per heavy atom. The zero-order chi connectivity index (χ0) is 10.5. The quantitative estimate of drug-likeness (QED) is 0.840. The van der Waals surface area contributed by atoms with E-state index in [2.05, 4.69) is 10.6 Å². The predicted octanol–water partition coefficient (Wildman–Crippen LogP) is 1.45. The van der Waals surface area contributed by atoms with Crippen LogP contribution >= 0.6 is 12.4 Å². The van der Waals surface area contributed by atoms with Crippen molar-refractivity contribution in [3.8, 4) is 0 Å². The van der Waals surface area contributed by atoms with Gasteiger partial charge < -0.3 is 10.6 Å². The van der Waals surface area contributed by atoms with Gasteiger partial charge in [0.2, 0.25) is 0 Å². The zero-order valence-corrected chi connectivity index (χ0v) is 9.93. The third-order valence-electron chi connectivity index (χ3n) is 2.75. The summed E-state index contributed by atoms with van der Waals surface area (Å²) in [5, 5.41) is 6.25. The van der Waals surface area contributed by atoms with Gasteiger partial charge in [-0.2, -0.15) is 0 Å². The second kappa shape index (κ2) is 6.51. The highest BCUT2D eigenvalue weighted by atomic mass is 35.5. The molecular weight excluding hydrogens is 224 g/mol. The molecule has 1 saturated heterocycles. The highest BCUT2D eigenvalue weighted by Crippen LogP contribution is 2.06. The van der Waals surface area contributed by atoms with Crippen LogP contribution in [-0.4, -0.2) is 25.5 Å². The molecular formula is C12H17ClN2O. The molecule has 0 aromatic heterocycles. The summed E-state index contributed by atoms with van der Waals surface area (Å²) in [5.74, 6) is 0.625. The summed E-state index contributed by atoms with van der Waals surface area (Å²) >= 11 is 0. The van der Waals surface area contributed by atoms with E-state index in [-0.39, 0.29) is 18.3 Å². The standard InChI is InChI=1S/C12H16N2O.ClH/c15-12(11-4-2-1-3-5-11)14-9-10-6-7-13-8-10;/h1-5,10,13H,6-9H2,(H,14,15);1H. The number of rotatable bonds is 3. The summed E-state index contributed by atoms with van der Waals surface area (Å²) in [4.78, 5) is 11.7. The normalized spacial score (nSPS) is 18.9. The lowest BCUT2D eigenvalue weighted by Crippen LogP contribution is -2.30. The van der Waals surface area contributed by atoms with Gasteiger partial charge in [-0.15, -0.1) is 12.4 Å². The lowest BCUT2D eigenvalue weighted by Gasteiger charge is -2.09. The van der Waals surface area contributed by atoms with E-state index in [4.69, 9.17) is 0 Å². The molecule has 2 rings (SSSR count). The van der Waals surface area contributed by atoms with E-state index in [0.29, 0.717) is 5.92 Å². The first-order chi connectivity index (χ1) is 7.36. The van der Waals surface area contributed by atoms with Gasteiger partial charge in [0.25, 0.3) is 5.91 Å². The first-order valence-electron chi connectivity index (χ1n) is 5.40. The summed E-state index contributed by atoms with van der Waals surface area (Å²) < 4.78 is 0. The molecule has 0 spiro atoms. The van der Waals surface area contributed by atoms with Crippen molar-refractivity contribution in [1.82, 2.24) is 10.6 Å². The van der Waals surface area contributed by atoms with Crippen LogP contribution in [-0.2, 0) is 0 Å². The van der Waals surface area contributed by atoms with Crippen LogP contribution in [0.4, 0.5) is 0 Å². The van der Waals surface area contributed by atoms with Gasteiger partial charge in [-0.3, -0.25) is 4.79 Å². The molecule has 1 amide bonds. The fraction of sp³-hybridized carbons (Fsp3) is 0.417. The molecule has 1 unspecified atom stereocenters. The van der Waals surface area contributed by atoms with Crippen LogP contribution in [0.2, 0.25) is 0 Å². The van der Waals surface area contributed by atoms with Crippen molar-refractivity contribution in [2.24, 2.45) is 5.92 Å². The maximum absolute atomic E-state index is 11.7. The molecule has 0 saturated carbocycles. The number of carbonyl (C=O) groups is 1. The number of hydrogen-bond donors (Lipinski definition) is 2. The third-order valence-corrected chi connectivity index (χ3v) is 2.75. The van der Waals surface area contributed by atoms with Crippen molar-refractivity contribution in [1.29, 1.82) is 0 Å². The Morgan fingerprint density at radius 1 is 1.38 bits per heavy atom. The minimum Gasteiger partial charge on any atom is -0.352 e. The molecule has 1 aliphatic heterocycles. The number of hydrogen-bond acceptors (Lipinski definition) is 2. The van der Waals surface area contributed by atoms with Crippen LogP contribution in [0.15, 0.2) is 30.3 Å². The highest BCUT2D eigenvalue weighted by molar-refractivity contribution is 5.94. The van der Waals surface area contributed by atoms with E-state index in [9.17, 15) is 4.79 Å². The van der Waals surface area contributed by atoms with Gasteiger partial charge in [-0.05, 0) is 37.6 Å². The molecule has 1 aliphatic rings. The molecule has 4 heteroatoms. The Labute approximate surface area is 102 Å². The third kappa shape index (κ3) is 3.51. The SMILES string of the molecule is Cl.O=C(NCC1CCNC1)c1ccccc1. The highest BCUT2D eigenvalue weighted by Gasteiger charge is 2.15. The molecule has 0 bridgehead atoms. The number of benzene rings is 1. The lowest BCUT2D eigenvalue weighted by molar-refractivity contribution is 0.0948. The van der Waals surface area contributed by atoms with Crippen LogP contribution in [0.3, 0.4) is 0 Å². The summed E-state index contributed by atoms with van der Waals surface area (Å²) in [6.07, 6.45) is 1.16. The Morgan fingerprint density at radius 3 is 2.75 bits per heavy atom. The van der Waals surface area contributed by atoms with E-state index in [1.54, 1.807) is 0 Å². The molecule has 2 N–H and O–H groups in total. The van der Waals surface area contributed by atoms with Gasteiger partial charge in [0, 0.05) is 12.1 Å². The number of halogens is 1.